The van der Waals surface area contributed by atoms with E-state index in [9.17, 15) is 5.26 Å². The zero-order valence-corrected chi connectivity index (χ0v) is 12.3. The van der Waals surface area contributed by atoms with Gasteiger partial charge in [-0.3, -0.25) is 0 Å². The van der Waals surface area contributed by atoms with Crippen molar-refractivity contribution < 1.29 is 4.74 Å². The van der Waals surface area contributed by atoms with Gasteiger partial charge in [-0.25, -0.2) is 9.97 Å². The molecule has 0 amide bonds. The van der Waals surface area contributed by atoms with E-state index in [-0.39, 0.29) is 0 Å². The number of rotatable bonds is 4. The molecule has 0 aliphatic carbocycles. The van der Waals surface area contributed by atoms with Crippen LogP contribution in [-0.2, 0) is 0 Å². The Labute approximate surface area is 132 Å². The van der Waals surface area contributed by atoms with Crippen molar-refractivity contribution in [2.75, 3.05) is 0 Å². The van der Waals surface area contributed by atoms with Crippen LogP contribution in [-0.4, -0.2) is 9.97 Å². The predicted molar refractivity (Wildman–Crippen MR) is 86.4 cm³/mol. The summed E-state index contributed by atoms with van der Waals surface area (Å²) in [5, 5.41) is 11.3. The highest BCUT2D eigenvalue weighted by atomic mass is 32.1. The van der Waals surface area contributed by atoms with Crippen molar-refractivity contribution in [3.63, 3.8) is 0 Å². The molecular weight excluding hydrogens is 294 g/mol. The molecule has 0 aliphatic heterocycles. The molecule has 0 atom stereocenters. The average molecular weight is 305 g/mol. The Kier molecular flexibility index (Phi) is 4.23. The molecule has 2 heterocycles. The SMILES string of the molecule is N#C/C(=C\c1cccc(Oc2ncccn2)c1)c1cccs1. The lowest BCUT2D eigenvalue weighted by atomic mass is 10.1. The maximum Gasteiger partial charge on any atom is 0.321 e. The maximum atomic E-state index is 9.30. The lowest BCUT2D eigenvalue weighted by molar-refractivity contribution is 0.441. The van der Waals surface area contributed by atoms with E-state index < -0.39 is 0 Å². The fraction of sp³-hybridized carbons (Fsp3) is 0. The molecule has 0 saturated carbocycles. The summed E-state index contributed by atoms with van der Waals surface area (Å²) < 4.78 is 5.59. The van der Waals surface area contributed by atoms with E-state index in [0.29, 0.717) is 17.3 Å². The Bertz CT molecular complexity index is 821. The highest BCUT2D eigenvalue weighted by molar-refractivity contribution is 7.11. The van der Waals surface area contributed by atoms with Crippen LogP contribution < -0.4 is 4.74 Å². The van der Waals surface area contributed by atoms with Gasteiger partial charge in [-0.15, -0.1) is 11.3 Å². The fourth-order valence-corrected chi connectivity index (χ4v) is 2.56. The van der Waals surface area contributed by atoms with Gasteiger partial charge in [-0.2, -0.15) is 5.26 Å². The van der Waals surface area contributed by atoms with Crippen LogP contribution in [0.2, 0.25) is 0 Å². The van der Waals surface area contributed by atoms with Crippen molar-refractivity contribution >= 4 is 23.0 Å². The number of allylic oxidation sites excluding steroid dienone is 1. The molecule has 0 N–H and O–H groups in total. The third-order valence-corrected chi connectivity index (χ3v) is 3.73. The van der Waals surface area contributed by atoms with Crippen molar-refractivity contribution in [2.24, 2.45) is 0 Å². The molecule has 2 aromatic heterocycles. The molecule has 0 unspecified atom stereocenters. The molecule has 106 valence electrons. The molecule has 4 nitrogen and oxygen atoms in total. The van der Waals surface area contributed by atoms with Crippen LogP contribution in [0.4, 0.5) is 0 Å². The van der Waals surface area contributed by atoms with Crippen LogP contribution in [0, 0.1) is 11.3 Å². The first-order valence-corrected chi connectivity index (χ1v) is 7.44. The minimum absolute atomic E-state index is 0.294. The van der Waals surface area contributed by atoms with E-state index in [4.69, 9.17) is 4.74 Å². The number of hydrogen-bond acceptors (Lipinski definition) is 5. The van der Waals surface area contributed by atoms with Gasteiger partial charge in [0.25, 0.3) is 0 Å². The third kappa shape index (κ3) is 3.37. The quantitative estimate of drug-likeness (QED) is 0.670. The van der Waals surface area contributed by atoms with Gasteiger partial charge in [0.1, 0.15) is 11.8 Å². The van der Waals surface area contributed by atoms with Crippen molar-refractivity contribution in [3.05, 3.63) is 70.7 Å². The molecular formula is C17H11N3OS. The smallest absolute Gasteiger partial charge is 0.321 e. The average Bonchev–Trinajstić information content (AvgIpc) is 3.08. The molecule has 1 aromatic carbocycles. The molecule has 0 saturated heterocycles. The van der Waals surface area contributed by atoms with Crippen LogP contribution >= 0.6 is 11.3 Å². The van der Waals surface area contributed by atoms with Gasteiger partial charge in [-0.1, -0.05) is 18.2 Å². The summed E-state index contributed by atoms with van der Waals surface area (Å²) in [6, 6.07) is 15.6. The van der Waals surface area contributed by atoms with Gasteiger partial charge >= 0.3 is 6.01 Å². The summed E-state index contributed by atoms with van der Waals surface area (Å²) in [5.74, 6) is 0.628. The van der Waals surface area contributed by atoms with Gasteiger partial charge in [0, 0.05) is 17.3 Å². The number of benzene rings is 1. The van der Waals surface area contributed by atoms with Crippen LogP contribution in [0.5, 0.6) is 11.8 Å². The number of hydrogen-bond donors (Lipinski definition) is 0. The number of thiophene rings is 1. The molecule has 3 aromatic rings. The van der Waals surface area contributed by atoms with E-state index >= 15 is 0 Å². The third-order valence-electron chi connectivity index (χ3n) is 2.83. The lowest BCUT2D eigenvalue weighted by Crippen LogP contribution is -1.90. The minimum atomic E-state index is 0.294. The minimum Gasteiger partial charge on any atom is -0.424 e. The standard InChI is InChI=1S/C17H11N3OS/c18-12-14(16-6-2-9-22-16)10-13-4-1-5-15(11-13)21-17-19-7-3-8-20-17/h1-11H/b14-10+. The molecule has 22 heavy (non-hydrogen) atoms. The van der Waals surface area contributed by atoms with Gasteiger partial charge in [0.2, 0.25) is 0 Å². The highest BCUT2D eigenvalue weighted by Gasteiger charge is 2.04. The van der Waals surface area contributed by atoms with Crippen molar-refractivity contribution in [3.8, 4) is 17.8 Å². The highest BCUT2D eigenvalue weighted by Crippen LogP contribution is 2.24. The molecule has 0 radical (unpaired) electrons. The summed E-state index contributed by atoms with van der Waals surface area (Å²) in [7, 11) is 0. The largest absolute Gasteiger partial charge is 0.424 e. The Morgan fingerprint density at radius 1 is 1.14 bits per heavy atom. The van der Waals surface area contributed by atoms with Crippen LogP contribution in [0.3, 0.4) is 0 Å². The molecule has 3 rings (SSSR count). The van der Waals surface area contributed by atoms with Gasteiger partial charge in [-0.05, 0) is 41.3 Å². The van der Waals surface area contributed by atoms with E-state index in [2.05, 4.69) is 16.0 Å². The Balaban J connectivity index is 1.87. The second-order valence-corrected chi connectivity index (χ2v) is 5.30. The Hall–Kier alpha value is -2.97. The van der Waals surface area contributed by atoms with E-state index in [1.807, 2.05) is 47.9 Å². The van der Waals surface area contributed by atoms with Gasteiger partial charge in [0.15, 0.2) is 0 Å². The summed E-state index contributed by atoms with van der Waals surface area (Å²) in [6.45, 7) is 0. The van der Waals surface area contributed by atoms with E-state index in [0.717, 1.165) is 10.4 Å². The summed E-state index contributed by atoms with van der Waals surface area (Å²) in [6.07, 6.45) is 5.08. The van der Waals surface area contributed by atoms with Crippen LogP contribution in [0.25, 0.3) is 11.6 Å². The molecule has 0 fully saturated rings. The van der Waals surface area contributed by atoms with Crippen molar-refractivity contribution in [1.82, 2.24) is 9.97 Å². The Morgan fingerprint density at radius 3 is 2.73 bits per heavy atom. The first-order chi connectivity index (χ1) is 10.8. The second kappa shape index (κ2) is 6.66. The first-order valence-electron chi connectivity index (χ1n) is 6.56. The van der Waals surface area contributed by atoms with E-state index in [1.165, 1.54) is 11.3 Å². The topological polar surface area (TPSA) is 58.8 Å². The van der Waals surface area contributed by atoms with E-state index in [1.54, 1.807) is 18.5 Å². The number of aromatic nitrogens is 2. The Morgan fingerprint density at radius 2 is 2.00 bits per heavy atom. The van der Waals surface area contributed by atoms with Crippen molar-refractivity contribution in [1.29, 1.82) is 5.26 Å². The van der Waals surface area contributed by atoms with Gasteiger partial charge in [0.05, 0.1) is 5.57 Å². The number of nitrogens with zero attached hydrogens (tertiary/aromatic N) is 3. The monoisotopic (exact) mass is 305 g/mol. The second-order valence-electron chi connectivity index (χ2n) is 4.35. The fourth-order valence-electron chi connectivity index (χ4n) is 1.87. The summed E-state index contributed by atoms with van der Waals surface area (Å²) in [4.78, 5) is 8.99. The van der Waals surface area contributed by atoms with Gasteiger partial charge < -0.3 is 4.74 Å². The van der Waals surface area contributed by atoms with Crippen LogP contribution in [0.1, 0.15) is 10.4 Å². The lowest BCUT2D eigenvalue weighted by Gasteiger charge is -2.04. The maximum absolute atomic E-state index is 9.30. The molecule has 5 heteroatoms. The zero-order chi connectivity index (χ0) is 15.2. The molecule has 0 aliphatic rings. The number of nitriles is 1. The van der Waals surface area contributed by atoms with Crippen molar-refractivity contribution in [2.45, 2.75) is 0 Å². The van der Waals surface area contributed by atoms with Crippen LogP contribution in [0.15, 0.2) is 60.2 Å². The predicted octanol–water partition coefficient (Wildman–Crippen LogP) is 4.39. The molecule has 0 spiro atoms. The first kappa shape index (κ1) is 14.0. The number of ether oxygens (including phenoxy) is 1. The molecule has 0 bridgehead atoms. The summed E-state index contributed by atoms with van der Waals surface area (Å²) >= 11 is 1.54. The zero-order valence-electron chi connectivity index (χ0n) is 11.5. The summed E-state index contributed by atoms with van der Waals surface area (Å²) in [5.41, 5.74) is 1.52. The normalized spacial score (nSPS) is 11.0.